The molecule has 150 valence electrons. The normalized spacial score (nSPS) is 21.8. The van der Waals surface area contributed by atoms with Crippen molar-refractivity contribution in [3.63, 3.8) is 0 Å². The molecule has 7 nitrogen and oxygen atoms in total. The molecule has 2 fully saturated rings. The molecule has 7 heteroatoms. The quantitative estimate of drug-likeness (QED) is 0.784. The average Bonchev–Trinajstić information content (AvgIpc) is 3.29. The molecule has 0 bridgehead atoms. The molecule has 0 aromatic carbocycles. The number of amides is 1. The van der Waals surface area contributed by atoms with Crippen LogP contribution in [0.3, 0.4) is 0 Å². The predicted molar refractivity (Wildman–Crippen MR) is 106 cm³/mol. The Morgan fingerprint density at radius 3 is 2.79 bits per heavy atom. The number of carbonyl (C=O) groups excluding carboxylic acids is 1. The summed E-state index contributed by atoms with van der Waals surface area (Å²) in [5, 5.41) is 0. The molecule has 0 N–H and O–H groups in total. The van der Waals surface area contributed by atoms with Crippen molar-refractivity contribution in [2.24, 2.45) is 0 Å². The molecule has 1 atom stereocenters. The number of likely N-dealkylation sites (N-methyl/N-ethyl adjacent to an activating group) is 1. The van der Waals surface area contributed by atoms with Crippen molar-refractivity contribution in [1.82, 2.24) is 19.7 Å². The maximum absolute atomic E-state index is 12.9. The molecule has 0 aliphatic carbocycles. The predicted octanol–water partition coefficient (Wildman–Crippen LogP) is 1.82. The second-order valence-corrected chi connectivity index (χ2v) is 7.39. The zero-order chi connectivity index (χ0) is 19.3. The van der Waals surface area contributed by atoms with Crippen LogP contribution in [0.25, 0.3) is 11.5 Å². The lowest BCUT2D eigenvalue weighted by Gasteiger charge is -2.39. The van der Waals surface area contributed by atoms with Crippen LogP contribution in [-0.2, 0) is 4.74 Å². The van der Waals surface area contributed by atoms with Gasteiger partial charge in [0.15, 0.2) is 5.76 Å². The first-order chi connectivity index (χ1) is 13.7. The second-order valence-electron chi connectivity index (χ2n) is 7.39. The largest absolute Gasteiger partial charge is 0.463 e. The van der Waals surface area contributed by atoms with Crippen molar-refractivity contribution in [2.45, 2.75) is 13.0 Å². The van der Waals surface area contributed by atoms with Gasteiger partial charge in [0.2, 0.25) is 0 Å². The molecule has 2 aromatic rings. The summed E-state index contributed by atoms with van der Waals surface area (Å²) in [5.41, 5.74) is 1.34. The van der Waals surface area contributed by atoms with Crippen LogP contribution in [0.15, 0.2) is 41.1 Å². The zero-order valence-electron chi connectivity index (χ0n) is 16.4. The SMILES string of the molecule is CCN1CCOC(CN2CCN(C(=O)c3ccnc(-c4ccco4)c3)CC2)C1. The van der Waals surface area contributed by atoms with Gasteiger partial charge >= 0.3 is 0 Å². The molecular formula is C21H28N4O3. The van der Waals surface area contributed by atoms with Gasteiger partial charge in [-0.05, 0) is 30.8 Å². The number of pyridine rings is 1. The van der Waals surface area contributed by atoms with E-state index in [2.05, 4.69) is 21.7 Å². The molecule has 2 aliphatic rings. The van der Waals surface area contributed by atoms with E-state index in [1.165, 1.54) is 0 Å². The number of furan rings is 1. The van der Waals surface area contributed by atoms with Gasteiger partial charge in [-0.15, -0.1) is 0 Å². The molecule has 4 rings (SSSR count). The van der Waals surface area contributed by atoms with Crippen LogP contribution in [0.1, 0.15) is 17.3 Å². The fourth-order valence-corrected chi connectivity index (χ4v) is 3.90. The molecule has 1 amide bonds. The van der Waals surface area contributed by atoms with Gasteiger partial charge in [0, 0.05) is 57.6 Å². The van der Waals surface area contributed by atoms with Gasteiger partial charge in [-0.1, -0.05) is 6.92 Å². The molecule has 2 saturated heterocycles. The summed E-state index contributed by atoms with van der Waals surface area (Å²) >= 11 is 0. The van der Waals surface area contributed by atoms with E-state index >= 15 is 0 Å². The lowest BCUT2D eigenvalue weighted by Crippen LogP contribution is -2.53. The Morgan fingerprint density at radius 2 is 2.04 bits per heavy atom. The van der Waals surface area contributed by atoms with Crippen LogP contribution >= 0.6 is 0 Å². The van der Waals surface area contributed by atoms with Gasteiger partial charge in [0.05, 0.1) is 19.0 Å². The highest BCUT2D eigenvalue weighted by Crippen LogP contribution is 2.19. The van der Waals surface area contributed by atoms with Crippen LogP contribution in [0.5, 0.6) is 0 Å². The summed E-state index contributed by atoms with van der Waals surface area (Å²) < 4.78 is 11.3. The Hall–Kier alpha value is -2.22. The monoisotopic (exact) mass is 384 g/mol. The summed E-state index contributed by atoms with van der Waals surface area (Å²) in [6.07, 6.45) is 3.55. The number of nitrogens with zero attached hydrogens (tertiary/aromatic N) is 4. The lowest BCUT2D eigenvalue weighted by molar-refractivity contribution is -0.0458. The van der Waals surface area contributed by atoms with Gasteiger partial charge in [0.25, 0.3) is 5.91 Å². The molecule has 0 saturated carbocycles. The molecule has 0 radical (unpaired) electrons. The molecule has 28 heavy (non-hydrogen) atoms. The summed E-state index contributed by atoms with van der Waals surface area (Å²) in [5.74, 6) is 0.731. The minimum atomic E-state index is 0.0564. The maximum Gasteiger partial charge on any atom is 0.254 e. The summed E-state index contributed by atoms with van der Waals surface area (Å²) in [6.45, 7) is 10.3. The van der Waals surface area contributed by atoms with Gasteiger partial charge in [-0.25, -0.2) is 0 Å². The van der Waals surface area contributed by atoms with E-state index in [1.807, 2.05) is 23.1 Å². The first-order valence-electron chi connectivity index (χ1n) is 10.1. The third-order valence-electron chi connectivity index (χ3n) is 5.57. The third kappa shape index (κ3) is 4.43. The third-order valence-corrected chi connectivity index (χ3v) is 5.57. The number of aromatic nitrogens is 1. The average molecular weight is 384 g/mol. The molecular weight excluding hydrogens is 356 g/mol. The van der Waals surface area contributed by atoms with Crippen molar-refractivity contribution in [3.05, 3.63) is 42.3 Å². The first-order valence-corrected chi connectivity index (χ1v) is 10.1. The Kier molecular flexibility index (Phi) is 6.04. The highest BCUT2D eigenvalue weighted by atomic mass is 16.5. The lowest BCUT2D eigenvalue weighted by atomic mass is 10.1. The van der Waals surface area contributed by atoms with Crippen LogP contribution in [0, 0.1) is 0 Å². The fraction of sp³-hybridized carbons (Fsp3) is 0.524. The van der Waals surface area contributed by atoms with Gasteiger partial charge < -0.3 is 14.1 Å². The topological polar surface area (TPSA) is 62.1 Å². The Labute approximate surface area is 165 Å². The van der Waals surface area contributed by atoms with E-state index in [0.717, 1.165) is 59.0 Å². The van der Waals surface area contributed by atoms with Gasteiger partial charge in [0.1, 0.15) is 5.69 Å². The maximum atomic E-state index is 12.9. The Balaban J connectivity index is 1.31. The smallest absolute Gasteiger partial charge is 0.254 e. The van der Waals surface area contributed by atoms with E-state index < -0.39 is 0 Å². The molecule has 0 spiro atoms. The van der Waals surface area contributed by atoms with Crippen LogP contribution in [0.2, 0.25) is 0 Å². The van der Waals surface area contributed by atoms with Crippen molar-refractivity contribution >= 4 is 5.91 Å². The van der Waals surface area contributed by atoms with E-state index in [0.29, 0.717) is 17.0 Å². The number of piperazine rings is 1. The number of rotatable bonds is 5. The Morgan fingerprint density at radius 1 is 1.18 bits per heavy atom. The summed E-state index contributed by atoms with van der Waals surface area (Å²) in [7, 11) is 0. The zero-order valence-corrected chi connectivity index (χ0v) is 16.4. The molecule has 4 heterocycles. The van der Waals surface area contributed by atoms with E-state index in [1.54, 1.807) is 18.5 Å². The fourth-order valence-electron chi connectivity index (χ4n) is 3.90. The number of hydrogen-bond acceptors (Lipinski definition) is 6. The van der Waals surface area contributed by atoms with Crippen LogP contribution in [-0.4, -0.2) is 90.7 Å². The van der Waals surface area contributed by atoms with Crippen LogP contribution in [0.4, 0.5) is 0 Å². The summed E-state index contributed by atoms with van der Waals surface area (Å²) in [4.78, 5) is 24.0. The number of ether oxygens (including phenoxy) is 1. The molecule has 1 unspecified atom stereocenters. The minimum absolute atomic E-state index is 0.0564. The molecule has 2 aliphatic heterocycles. The standard InChI is InChI=1S/C21H28N4O3/c1-2-23-11-13-27-18(15-23)16-24-7-9-25(10-8-24)21(26)17-5-6-22-19(14-17)20-4-3-12-28-20/h3-6,12,14,18H,2,7-11,13,15-16H2,1H3. The molecule has 2 aromatic heterocycles. The number of carbonyl (C=O) groups is 1. The van der Waals surface area contributed by atoms with E-state index in [9.17, 15) is 4.79 Å². The van der Waals surface area contributed by atoms with Crippen LogP contribution < -0.4 is 0 Å². The first kappa shape index (κ1) is 19.1. The highest BCUT2D eigenvalue weighted by molar-refractivity contribution is 5.95. The van der Waals surface area contributed by atoms with Crippen molar-refractivity contribution in [1.29, 1.82) is 0 Å². The number of morpholine rings is 1. The number of hydrogen-bond donors (Lipinski definition) is 0. The van der Waals surface area contributed by atoms with E-state index in [4.69, 9.17) is 9.15 Å². The van der Waals surface area contributed by atoms with Gasteiger partial charge in [-0.3, -0.25) is 19.6 Å². The second kappa shape index (κ2) is 8.86. The van der Waals surface area contributed by atoms with Crippen molar-refractivity contribution in [3.8, 4) is 11.5 Å². The van der Waals surface area contributed by atoms with E-state index in [-0.39, 0.29) is 12.0 Å². The van der Waals surface area contributed by atoms with Crippen molar-refractivity contribution in [2.75, 3.05) is 59.0 Å². The minimum Gasteiger partial charge on any atom is -0.463 e. The summed E-state index contributed by atoms with van der Waals surface area (Å²) in [6, 6.07) is 7.25. The van der Waals surface area contributed by atoms with Gasteiger partial charge in [-0.2, -0.15) is 0 Å². The Bertz CT molecular complexity index is 772. The highest BCUT2D eigenvalue weighted by Gasteiger charge is 2.26. The van der Waals surface area contributed by atoms with Crippen molar-refractivity contribution < 1.29 is 13.9 Å².